The number of alkyl halides is 1. The van der Waals surface area contributed by atoms with Gasteiger partial charge in [0.25, 0.3) is 0 Å². The highest BCUT2D eigenvalue weighted by Gasteiger charge is 2.52. The van der Waals surface area contributed by atoms with Gasteiger partial charge in [0.1, 0.15) is 17.0 Å². The second-order valence-corrected chi connectivity index (χ2v) is 7.71. The maximum Gasteiger partial charge on any atom is 0.320 e. The molecule has 7 heteroatoms. The van der Waals surface area contributed by atoms with Crippen molar-refractivity contribution in [2.75, 3.05) is 0 Å². The number of carboxylic acid groups (broad SMARTS) is 1. The Balaban J connectivity index is 1.82. The predicted molar refractivity (Wildman–Crippen MR) is 95.7 cm³/mol. The largest absolute Gasteiger partial charge is 0.480 e. The first-order valence-electron chi connectivity index (χ1n) is 8.05. The molecule has 1 fully saturated rings. The predicted octanol–water partition coefficient (Wildman–Crippen LogP) is 3.92. The Morgan fingerprint density at radius 3 is 2.88 bits per heavy atom. The van der Waals surface area contributed by atoms with Crippen LogP contribution in [0.3, 0.4) is 0 Å². The third-order valence-corrected chi connectivity index (χ3v) is 6.14. The van der Waals surface area contributed by atoms with Crippen LogP contribution in [-0.4, -0.2) is 31.4 Å². The van der Waals surface area contributed by atoms with E-state index in [1.807, 2.05) is 28.8 Å². The summed E-state index contributed by atoms with van der Waals surface area (Å²) in [6.45, 7) is 0. The fourth-order valence-electron chi connectivity index (χ4n) is 3.28. The van der Waals surface area contributed by atoms with Crippen LogP contribution in [-0.2, 0) is 4.79 Å². The van der Waals surface area contributed by atoms with Crippen LogP contribution in [0.25, 0.3) is 16.8 Å². The molecule has 1 saturated carbocycles. The summed E-state index contributed by atoms with van der Waals surface area (Å²) in [6.07, 6.45) is 4.05. The van der Waals surface area contributed by atoms with Gasteiger partial charge in [-0.3, -0.25) is 9.78 Å². The van der Waals surface area contributed by atoms with Gasteiger partial charge in [0, 0.05) is 41.9 Å². The molecule has 1 N–H and O–H groups in total. The van der Waals surface area contributed by atoms with Crippen molar-refractivity contribution in [3.05, 3.63) is 54.5 Å². The van der Waals surface area contributed by atoms with Gasteiger partial charge >= 0.3 is 5.97 Å². The summed E-state index contributed by atoms with van der Waals surface area (Å²) in [5.74, 6) is -0.995. The van der Waals surface area contributed by atoms with E-state index in [2.05, 4.69) is 11.1 Å². The van der Waals surface area contributed by atoms with Crippen molar-refractivity contribution in [3.63, 3.8) is 0 Å². The number of nitrogens with zero attached hydrogens (tertiary/aromatic N) is 3. The zero-order valence-corrected chi connectivity index (χ0v) is 14.4. The Kier molecular flexibility index (Phi) is 3.93. The van der Waals surface area contributed by atoms with Crippen molar-refractivity contribution in [1.29, 1.82) is 5.26 Å². The van der Waals surface area contributed by atoms with Gasteiger partial charge in [-0.2, -0.15) is 5.26 Å². The third-order valence-electron chi connectivity index (χ3n) is 4.67. The molecule has 0 aromatic carbocycles. The van der Waals surface area contributed by atoms with Crippen LogP contribution in [0, 0.1) is 11.3 Å². The molecule has 0 unspecified atom stereocenters. The lowest BCUT2D eigenvalue weighted by molar-refractivity contribution is -0.144. The average Bonchev–Trinajstić information content (AvgIpc) is 3.09. The van der Waals surface area contributed by atoms with Gasteiger partial charge < -0.3 is 9.51 Å². The van der Waals surface area contributed by atoms with Gasteiger partial charge in [0.05, 0.1) is 16.8 Å². The molecule has 0 bridgehead atoms. The second kappa shape index (κ2) is 6.15. The summed E-state index contributed by atoms with van der Waals surface area (Å²) < 4.78 is 14.2. The standard InChI is InChI=1S/C19H14FN3O2S/c20-13-8-19(9-13,18(24)25)26-17-5-6-22-11-14(17)16-4-3-12(10-21)15-2-1-7-23(15)16/h1-7,11,13H,8-9H2,(H,24,25). The number of thioether (sulfide) groups is 1. The Bertz CT molecular complexity index is 1050. The molecule has 0 radical (unpaired) electrons. The summed E-state index contributed by atoms with van der Waals surface area (Å²) in [5.41, 5.74) is 2.88. The molecule has 3 aromatic heterocycles. The quantitative estimate of drug-likeness (QED) is 0.756. The summed E-state index contributed by atoms with van der Waals surface area (Å²) in [5, 5.41) is 18.9. The van der Waals surface area contributed by atoms with Gasteiger partial charge in [-0.1, -0.05) is 0 Å². The number of hydrogen-bond acceptors (Lipinski definition) is 4. The number of pyridine rings is 2. The zero-order valence-electron chi connectivity index (χ0n) is 13.6. The number of hydrogen-bond donors (Lipinski definition) is 1. The molecule has 3 aromatic rings. The molecular weight excluding hydrogens is 353 g/mol. The van der Waals surface area contributed by atoms with E-state index in [9.17, 15) is 19.6 Å². The maximum atomic E-state index is 13.4. The van der Waals surface area contributed by atoms with Crippen molar-refractivity contribution in [2.24, 2.45) is 0 Å². The van der Waals surface area contributed by atoms with Crippen LogP contribution < -0.4 is 0 Å². The van der Waals surface area contributed by atoms with Gasteiger partial charge in [-0.25, -0.2) is 4.39 Å². The lowest BCUT2D eigenvalue weighted by Crippen LogP contribution is -2.48. The smallest absolute Gasteiger partial charge is 0.320 e. The molecule has 4 rings (SSSR count). The summed E-state index contributed by atoms with van der Waals surface area (Å²) >= 11 is 1.17. The molecule has 26 heavy (non-hydrogen) atoms. The summed E-state index contributed by atoms with van der Waals surface area (Å²) in [4.78, 5) is 16.6. The van der Waals surface area contributed by atoms with E-state index < -0.39 is 16.9 Å². The minimum absolute atomic E-state index is 0.00106. The Labute approximate surface area is 153 Å². The molecule has 5 nitrogen and oxygen atoms in total. The molecule has 3 heterocycles. The summed E-state index contributed by atoms with van der Waals surface area (Å²) in [6, 6.07) is 11.2. The van der Waals surface area contributed by atoms with Crippen molar-refractivity contribution in [1.82, 2.24) is 9.38 Å². The highest BCUT2D eigenvalue weighted by Crippen LogP contribution is 2.51. The molecular formula is C19H14FN3O2S. The number of fused-ring (bicyclic) bond motifs is 1. The second-order valence-electron chi connectivity index (χ2n) is 6.29. The topological polar surface area (TPSA) is 78.4 Å². The van der Waals surface area contributed by atoms with Crippen LogP contribution in [0.1, 0.15) is 18.4 Å². The van der Waals surface area contributed by atoms with Crippen LogP contribution in [0.2, 0.25) is 0 Å². The first kappa shape index (κ1) is 16.6. The minimum Gasteiger partial charge on any atom is -0.480 e. The van der Waals surface area contributed by atoms with E-state index in [4.69, 9.17) is 0 Å². The Morgan fingerprint density at radius 2 is 2.19 bits per heavy atom. The fourth-order valence-corrected chi connectivity index (χ4v) is 4.72. The molecule has 0 spiro atoms. The molecule has 130 valence electrons. The van der Waals surface area contributed by atoms with E-state index in [1.165, 1.54) is 11.8 Å². The number of halogens is 1. The van der Waals surface area contributed by atoms with E-state index in [0.29, 0.717) is 5.56 Å². The van der Waals surface area contributed by atoms with Crippen molar-refractivity contribution >= 4 is 23.2 Å². The van der Waals surface area contributed by atoms with E-state index in [0.717, 1.165) is 21.7 Å². The van der Waals surface area contributed by atoms with Gasteiger partial charge in [-0.15, -0.1) is 11.8 Å². The van der Waals surface area contributed by atoms with E-state index in [-0.39, 0.29) is 12.8 Å². The van der Waals surface area contributed by atoms with E-state index >= 15 is 0 Å². The fraction of sp³-hybridized carbons (Fsp3) is 0.211. The van der Waals surface area contributed by atoms with Crippen molar-refractivity contribution < 1.29 is 14.3 Å². The summed E-state index contributed by atoms with van der Waals surface area (Å²) in [7, 11) is 0. The molecule has 0 aliphatic heterocycles. The Morgan fingerprint density at radius 1 is 1.38 bits per heavy atom. The number of aromatic nitrogens is 2. The minimum atomic E-state index is -1.14. The lowest BCUT2D eigenvalue weighted by atomic mass is 9.82. The zero-order chi connectivity index (χ0) is 18.3. The van der Waals surface area contributed by atoms with Gasteiger partial charge in [-0.05, 0) is 30.3 Å². The molecule has 1 aliphatic rings. The molecule has 1 aliphatic carbocycles. The van der Waals surface area contributed by atoms with Crippen molar-refractivity contribution in [3.8, 4) is 17.3 Å². The first-order chi connectivity index (χ1) is 12.5. The van der Waals surface area contributed by atoms with Crippen LogP contribution in [0.5, 0.6) is 0 Å². The molecule has 0 amide bonds. The normalized spacial score (nSPS) is 21.9. The van der Waals surface area contributed by atoms with E-state index in [1.54, 1.807) is 24.5 Å². The highest BCUT2D eigenvalue weighted by molar-refractivity contribution is 8.01. The lowest BCUT2D eigenvalue weighted by Gasteiger charge is -2.39. The monoisotopic (exact) mass is 367 g/mol. The highest BCUT2D eigenvalue weighted by atomic mass is 32.2. The van der Waals surface area contributed by atoms with Crippen LogP contribution in [0.15, 0.2) is 53.8 Å². The van der Waals surface area contributed by atoms with Crippen molar-refractivity contribution in [2.45, 2.75) is 28.7 Å². The van der Waals surface area contributed by atoms with Crippen LogP contribution in [0.4, 0.5) is 4.39 Å². The number of carboxylic acids is 1. The Hall–Kier alpha value is -2.85. The third kappa shape index (κ3) is 2.54. The number of rotatable bonds is 4. The maximum absolute atomic E-state index is 13.4. The first-order valence-corrected chi connectivity index (χ1v) is 8.87. The SMILES string of the molecule is N#Cc1ccc(-c2cnccc2SC2(C(=O)O)CC(F)C2)n2cccc12. The molecule has 0 saturated heterocycles. The number of aliphatic carboxylic acids is 1. The average molecular weight is 367 g/mol. The van der Waals surface area contributed by atoms with Crippen LogP contribution >= 0.6 is 11.8 Å². The molecule has 0 atom stereocenters. The number of carbonyl (C=O) groups is 1. The van der Waals surface area contributed by atoms with Gasteiger partial charge in [0.2, 0.25) is 0 Å². The number of nitriles is 1. The van der Waals surface area contributed by atoms with Gasteiger partial charge in [0.15, 0.2) is 0 Å².